The summed E-state index contributed by atoms with van der Waals surface area (Å²) in [6.07, 6.45) is 2.88. The number of rotatable bonds is 7. The minimum atomic E-state index is 0.0610. The monoisotopic (exact) mass is 378 g/mol. The van der Waals surface area contributed by atoms with Crippen molar-refractivity contribution in [2.45, 2.75) is 37.4 Å². The third-order valence-electron chi connectivity index (χ3n) is 4.44. The average molecular weight is 379 g/mol. The number of nitrogens with one attached hydrogen (secondary N) is 1. The standard InChI is InChI=1S/C21H22N4OS/c1-15-6-5-9-18(12-15)25-19(13-16-7-3-2-4-8-16)23-24-21(25)27-14-20(26)22-17-10-11-17/h2-9,12,17H,10-11,13-14H2,1H3,(H,22,26). The summed E-state index contributed by atoms with van der Waals surface area (Å²) in [7, 11) is 0. The normalized spacial score (nSPS) is 13.5. The van der Waals surface area contributed by atoms with E-state index in [1.54, 1.807) is 0 Å². The number of benzene rings is 2. The Balaban J connectivity index is 1.60. The van der Waals surface area contributed by atoms with Crippen molar-refractivity contribution >= 4 is 17.7 Å². The zero-order chi connectivity index (χ0) is 18.6. The number of nitrogens with zero attached hydrogens (tertiary/aromatic N) is 3. The van der Waals surface area contributed by atoms with E-state index < -0.39 is 0 Å². The van der Waals surface area contributed by atoms with Crippen LogP contribution in [0.5, 0.6) is 0 Å². The first-order chi connectivity index (χ1) is 13.2. The van der Waals surface area contributed by atoms with Gasteiger partial charge in [0, 0.05) is 18.2 Å². The number of carbonyl (C=O) groups excluding carboxylic acids is 1. The lowest BCUT2D eigenvalue weighted by atomic mass is 10.1. The van der Waals surface area contributed by atoms with E-state index in [0.29, 0.717) is 18.2 Å². The predicted octanol–water partition coefficient (Wildman–Crippen LogP) is 3.54. The molecular weight excluding hydrogens is 356 g/mol. The first-order valence-corrected chi connectivity index (χ1v) is 10.1. The van der Waals surface area contributed by atoms with Crippen LogP contribution in [0.1, 0.15) is 29.8 Å². The second-order valence-electron chi connectivity index (χ2n) is 6.87. The highest BCUT2D eigenvalue weighted by Crippen LogP contribution is 2.25. The summed E-state index contributed by atoms with van der Waals surface area (Å²) < 4.78 is 2.06. The summed E-state index contributed by atoms with van der Waals surface area (Å²) in [6, 6.07) is 18.9. The molecule has 1 aliphatic rings. The fourth-order valence-electron chi connectivity index (χ4n) is 2.94. The maximum Gasteiger partial charge on any atom is 0.230 e. The minimum Gasteiger partial charge on any atom is -0.353 e. The molecule has 0 aliphatic heterocycles. The van der Waals surface area contributed by atoms with Crippen molar-refractivity contribution in [3.05, 3.63) is 71.5 Å². The van der Waals surface area contributed by atoms with Crippen LogP contribution in [-0.4, -0.2) is 32.5 Å². The molecule has 1 amide bonds. The topological polar surface area (TPSA) is 59.8 Å². The molecule has 27 heavy (non-hydrogen) atoms. The van der Waals surface area contributed by atoms with E-state index in [1.807, 2.05) is 24.3 Å². The van der Waals surface area contributed by atoms with Crippen LogP contribution in [0, 0.1) is 6.92 Å². The van der Waals surface area contributed by atoms with Crippen LogP contribution in [0.25, 0.3) is 5.69 Å². The molecule has 0 atom stereocenters. The Bertz CT molecular complexity index is 934. The highest BCUT2D eigenvalue weighted by atomic mass is 32.2. The third kappa shape index (κ3) is 4.57. The summed E-state index contributed by atoms with van der Waals surface area (Å²) >= 11 is 1.43. The van der Waals surface area contributed by atoms with Crippen molar-refractivity contribution in [1.82, 2.24) is 20.1 Å². The van der Waals surface area contributed by atoms with Crippen LogP contribution in [0.3, 0.4) is 0 Å². The Hall–Kier alpha value is -2.60. The van der Waals surface area contributed by atoms with Crippen molar-refractivity contribution in [2.75, 3.05) is 5.75 Å². The molecule has 0 bridgehead atoms. The van der Waals surface area contributed by atoms with Gasteiger partial charge in [-0.3, -0.25) is 9.36 Å². The predicted molar refractivity (Wildman–Crippen MR) is 107 cm³/mol. The molecule has 1 saturated carbocycles. The zero-order valence-corrected chi connectivity index (χ0v) is 16.1. The zero-order valence-electron chi connectivity index (χ0n) is 15.3. The summed E-state index contributed by atoms with van der Waals surface area (Å²) in [5.74, 6) is 1.29. The van der Waals surface area contributed by atoms with Gasteiger partial charge >= 0.3 is 0 Å². The molecule has 1 N–H and O–H groups in total. The Morgan fingerprint density at radius 2 is 1.96 bits per heavy atom. The second kappa shape index (κ2) is 7.96. The summed E-state index contributed by atoms with van der Waals surface area (Å²) in [5.41, 5.74) is 3.38. The molecule has 2 aromatic carbocycles. The number of thioether (sulfide) groups is 1. The summed E-state index contributed by atoms with van der Waals surface area (Å²) in [5, 5.41) is 12.6. The highest BCUT2D eigenvalue weighted by molar-refractivity contribution is 7.99. The maximum atomic E-state index is 12.1. The lowest BCUT2D eigenvalue weighted by molar-refractivity contribution is -0.118. The largest absolute Gasteiger partial charge is 0.353 e. The summed E-state index contributed by atoms with van der Waals surface area (Å²) in [4.78, 5) is 12.1. The van der Waals surface area contributed by atoms with Crippen molar-refractivity contribution < 1.29 is 4.79 Å². The second-order valence-corrected chi connectivity index (χ2v) is 7.81. The minimum absolute atomic E-state index is 0.0610. The van der Waals surface area contributed by atoms with Gasteiger partial charge in [-0.15, -0.1) is 10.2 Å². The van der Waals surface area contributed by atoms with Crippen LogP contribution in [0.4, 0.5) is 0 Å². The van der Waals surface area contributed by atoms with Gasteiger partial charge in [-0.25, -0.2) is 0 Å². The molecule has 0 radical (unpaired) electrons. The first-order valence-electron chi connectivity index (χ1n) is 9.16. The van der Waals surface area contributed by atoms with Crippen LogP contribution >= 0.6 is 11.8 Å². The van der Waals surface area contributed by atoms with Crippen LogP contribution in [0.15, 0.2) is 59.8 Å². The Labute approximate surface area is 163 Å². The molecule has 0 spiro atoms. The van der Waals surface area contributed by atoms with Gasteiger partial charge in [0.25, 0.3) is 0 Å². The van der Waals surface area contributed by atoms with Crippen molar-refractivity contribution in [3.63, 3.8) is 0 Å². The number of hydrogen-bond acceptors (Lipinski definition) is 4. The molecule has 5 nitrogen and oxygen atoms in total. The van der Waals surface area contributed by atoms with E-state index in [-0.39, 0.29) is 5.91 Å². The Kier molecular flexibility index (Phi) is 5.25. The van der Waals surface area contributed by atoms with E-state index in [9.17, 15) is 4.79 Å². The van der Waals surface area contributed by atoms with E-state index in [2.05, 4.69) is 57.3 Å². The van der Waals surface area contributed by atoms with Gasteiger partial charge in [-0.2, -0.15) is 0 Å². The molecule has 6 heteroatoms. The molecule has 1 fully saturated rings. The summed E-state index contributed by atoms with van der Waals surface area (Å²) in [6.45, 7) is 2.07. The lowest BCUT2D eigenvalue weighted by Crippen LogP contribution is -2.27. The Morgan fingerprint density at radius 1 is 1.15 bits per heavy atom. The lowest BCUT2D eigenvalue weighted by Gasteiger charge is -2.11. The van der Waals surface area contributed by atoms with Gasteiger partial charge < -0.3 is 5.32 Å². The van der Waals surface area contributed by atoms with Crippen LogP contribution in [-0.2, 0) is 11.2 Å². The average Bonchev–Trinajstić information content (AvgIpc) is 3.39. The maximum absolute atomic E-state index is 12.1. The van der Waals surface area contributed by atoms with Gasteiger partial charge in [-0.05, 0) is 43.0 Å². The SMILES string of the molecule is Cc1cccc(-n2c(Cc3ccccc3)nnc2SCC(=O)NC2CC2)c1. The molecule has 1 aliphatic carbocycles. The first kappa shape index (κ1) is 17.8. The van der Waals surface area contributed by atoms with E-state index in [4.69, 9.17) is 0 Å². The molecular formula is C21H22N4OS. The molecule has 1 heterocycles. The number of aryl methyl sites for hydroxylation is 1. The number of aromatic nitrogens is 3. The molecule has 0 saturated heterocycles. The number of hydrogen-bond donors (Lipinski definition) is 1. The van der Waals surface area contributed by atoms with Crippen molar-refractivity contribution in [3.8, 4) is 5.69 Å². The van der Waals surface area contributed by atoms with Gasteiger partial charge in [-0.1, -0.05) is 54.2 Å². The van der Waals surface area contributed by atoms with Gasteiger partial charge in [0.05, 0.1) is 5.75 Å². The van der Waals surface area contributed by atoms with Gasteiger partial charge in [0.2, 0.25) is 5.91 Å². The molecule has 0 unspecified atom stereocenters. The van der Waals surface area contributed by atoms with E-state index >= 15 is 0 Å². The molecule has 4 rings (SSSR count). The van der Waals surface area contributed by atoms with Gasteiger partial charge in [0.1, 0.15) is 5.82 Å². The highest BCUT2D eigenvalue weighted by Gasteiger charge is 2.24. The number of amides is 1. The van der Waals surface area contributed by atoms with Crippen LogP contribution in [0.2, 0.25) is 0 Å². The Morgan fingerprint density at radius 3 is 2.70 bits per heavy atom. The number of carbonyl (C=O) groups is 1. The molecule has 1 aromatic heterocycles. The quantitative estimate of drug-likeness (QED) is 0.639. The van der Waals surface area contributed by atoms with E-state index in [0.717, 1.165) is 29.5 Å². The molecule has 3 aromatic rings. The smallest absolute Gasteiger partial charge is 0.230 e. The molecule has 138 valence electrons. The third-order valence-corrected chi connectivity index (χ3v) is 5.37. The fraction of sp³-hybridized carbons (Fsp3) is 0.286. The van der Waals surface area contributed by atoms with Crippen molar-refractivity contribution in [2.24, 2.45) is 0 Å². The van der Waals surface area contributed by atoms with E-state index in [1.165, 1.54) is 22.9 Å². The fourth-order valence-corrected chi connectivity index (χ4v) is 3.72. The van der Waals surface area contributed by atoms with Gasteiger partial charge in [0.15, 0.2) is 5.16 Å². The van der Waals surface area contributed by atoms with Crippen molar-refractivity contribution in [1.29, 1.82) is 0 Å². The van der Waals surface area contributed by atoms with Crippen LogP contribution < -0.4 is 5.32 Å².